The van der Waals surface area contributed by atoms with Crippen molar-refractivity contribution in [1.82, 2.24) is 0 Å². The average Bonchev–Trinajstić information content (AvgIpc) is 2.29. The fraction of sp³-hybridized carbons (Fsp3) is 0.0714. The Labute approximate surface area is 89.7 Å². The molecule has 1 unspecified atom stereocenters. The molecule has 15 heavy (non-hydrogen) atoms. The maximum Gasteiger partial charge on any atom is 0.0804 e. The first kappa shape index (κ1) is 9.48. The van der Waals surface area contributed by atoms with Gasteiger partial charge in [0.1, 0.15) is 0 Å². The molecule has 1 aromatic carbocycles. The minimum atomic E-state index is -0.0600. The van der Waals surface area contributed by atoms with Crippen molar-refractivity contribution in [2.45, 2.75) is 0 Å². The summed E-state index contributed by atoms with van der Waals surface area (Å²) in [6.07, 6.45) is 7.52. The van der Waals surface area contributed by atoms with Gasteiger partial charge in [-0.05, 0) is 18.2 Å². The molecule has 1 aliphatic rings. The molecule has 0 aromatic heterocycles. The van der Waals surface area contributed by atoms with Crippen LogP contribution in [0.2, 0.25) is 0 Å². The van der Waals surface area contributed by atoms with E-state index in [-0.39, 0.29) is 5.92 Å². The maximum absolute atomic E-state index is 7.67. The van der Waals surface area contributed by atoms with Crippen molar-refractivity contribution in [3.05, 3.63) is 60.2 Å². The Morgan fingerprint density at radius 2 is 1.87 bits per heavy atom. The molecule has 0 fully saturated rings. The predicted octanol–water partition coefficient (Wildman–Crippen LogP) is 2.80. The normalized spacial score (nSPS) is 18.4. The van der Waals surface area contributed by atoms with Crippen LogP contribution < -0.4 is 0 Å². The first-order valence-corrected chi connectivity index (χ1v) is 4.86. The molecule has 0 saturated heterocycles. The maximum atomic E-state index is 7.67. The Hall–Kier alpha value is -2.07. The smallest absolute Gasteiger partial charge is 0.0804 e. The van der Waals surface area contributed by atoms with E-state index in [1.165, 1.54) is 0 Å². The Balaban J connectivity index is 2.16. The van der Waals surface area contributed by atoms with Crippen LogP contribution in [0.5, 0.6) is 0 Å². The third kappa shape index (κ3) is 2.45. The van der Waals surface area contributed by atoms with E-state index in [0.717, 1.165) is 5.56 Å². The van der Waals surface area contributed by atoms with Crippen LogP contribution in [-0.4, -0.2) is 5.71 Å². The summed E-state index contributed by atoms with van der Waals surface area (Å²) in [5.74, 6) is 6.08. The van der Waals surface area contributed by atoms with Gasteiger partial charge in [-0.2, -0.15) is 0 Å². The highest BCUT2D eigenvalue weighted by Crippen LogP contribution is 2.07. The van der Waals surface area contributed by atoms with Crippen molar-refractivity contribution in [1.29, 1.82) is 5.41 Å². The monoisotopic (exact) mass is 193 g/mol. The quantitative estimate of drug-likeness (QED) is 0.613. The van der Waals surface area contributed by atoms with Gasteiger partial charge in [0.15, 0.2) is 0 Å². The molecular formula is C14H11N. The SMILES string of the molecule is N=C1C=CC=CC1C#Cc1ccccc1. The summed E-state index contributed by atoms with van der Waals surface area (Å²) in [4.78, 5) is 0. The van der Waals surface area contributed by atoms with Gasteiger partial charge in [-0.3, -0.25) is 0 Å². The van der Waals surface area contributed by atoms with Gasteiger partial charge in [0, 0.05) is 5.56 Å². The molecular weight excluding hydrogens is 182 g/mol. The van der Waals surface area contributed by atoms with Crippen LogP contribution in [0.1, 0.15) is 5.56 Å². The van der Waals surface area contributed by atoms with Gasteiger partial charge in [-0.1, -0.05) is 48.3 Å². The molecule has 2 rings (SSSR count). The number of benzene rings is 1. The van der Waals surface area contributed by atoms with Crippen molar-refractivity contribution in [2.24, 2.45) is 5.92 Å². The Bertz CT molecular complexity index is 469. The summed E-state index contributed by atoms with van der Waals surface area (Å²) >= 11 is 0. The third-order valence-corrected chi connectivity index (χ3v) is 2.17. The first-order chi connectivity index (χ1) is 7.36. The van der Waals surface area contributed by atoms with Gasteiger partial charge >= 0.3 is 0 Å². The molecule has 0 spiro atoms. The molecule has 1 atom stereocenters. The lowest BCUT2D eigenvalue weighted by atomic mass is 9.99. The summed E-state index contributed by atoms with van der Waals surface area (Å²) in [7, 11) is 0. The molecule has 72 valence electrons. The van der Waals surface area contributed by atoms with Crippen LogP contribution in [0, 0.1) is 23.2 Å². The Morgan fingerprint density at radius 1 is 1.07 bits per heavy atom. The zero-order valence-electron chi connectivity index (χ0n) is 8.27. The third-order valence-electron chi connectivity index (χ3n) is 2.17. The number of hydrogen-bond acceptors (Lipinski definition) is 1. The van der Waals surface area contributed by atoms with E-state index < -0.39 is 0 Å². The fourth-order valence-electron chi connectivity index (χ4n) is 1.35. The second-order valence-corrected chi connectivity index (χ2v) is 3.31. The second-order valence-electron chi connectivity index (χ2n) is 3.31. The molecule has 1 aliphatic carbocycles. The Kier molecular flexibility index (Phi) is 2.80. The highest BCUT2D eigenvalue weighted by molar-refractivity contribution is 5.98. The second kappa shape index (κ2) is 4.43. The van der Waals surface area contributed by atoms with E-state index in [0.29, 0.717) is 5.71 Å². The number of nitrogens with one attached hydrogen (secondary N) is 1. The zero-order valence-corrected chi connectivity index (χ0v) is 8.27. The van der Waals surface area contributed by atoms with E-state index in [4.69, 9.17) is 5.41 Å². The van der Waals surface area contributed by atoms with Gasteiger partial charge in [-0.15, -0.1) is 0 Å². The highest BCUT2D eigenvalue weighted by Gasteiger charge is 2.06. The molecule has 0 aliphatic heterocycles. The molecule has 1 N–H and O–H groups in total. The van der Waals surface area contributed by atoms with Crippen molar-refractivity contribution in [3.8, 4) is 11.8 Å². The van der Waals surface area contributed by atoms with Gasteiger partial charge in [-0.25, -0.2) is 0 Å². The molecule has 0 heterocycles. The summed E-state index contributed by atoms with van der Waals surface area (Å²) in [5.41, 5.74) is 1.55. The van der Waals surface area contributed by atoms with Gasteiger partial charge in [0.25, 0.3) is 0 Å². The zero-order chi connectivity index (χ0) is 10.5. The van der Waals surface area contributed by atoms with Crippen molar-refractivity contribution in [2.75, 3.05) is 0 Å². The number of allylic oxidation sites excluding steroid dienone is 4. The van der Waals surface area contributed by atoms with E-state index in [1.54, 1.807) is 6.08 Å². The Morgan fingerprint density at radius 3 is 2.60 bits per heavy atom. The predicted molar refractivity (Wildman–Crippen MR) is 62.8 cm³/mol. The number of rotatable bonds is 0. The molecule has 1 aromatic rings. The lowest BCUT2D eigenvalue weighted by Crippen LogP contribution is -2.07. The lowest BCUT2D eigenvalue weighted by Gasteiger charge is -2.05. The van der Waals surface area contributed by atoms with Crippen LogP contribution >= 0.6 is 0 Å². The molecule has 0 radical (unpaired) electrons. The van der Waals surface area contributed by atoms with Gasteiger partial charge in [0.05, 0.1) is 11.6 Å². The topological polar surface area (TPSA) is 23.9 Å². The fourth-order valence-corrected chi connectivity index (χ4v) is 1.35. The van der Waals surface area contributed by atoms with Gasteiger partial charge in [0.2, 0.25) is 0 Å². The summed E-state index contributed by atoms with van der Waals surface area (Å²) in [6.45, 7) is 0. The summed E-state index contributed by atoms with van der Waals surface area (Å²) in [6, 6.07) is 9.84. The minimum absolute atomic E-state index is 0.0600. The van der Waals surface area contributed by atoms with Crippen LogP contribution in [0.3, 0.4) is 0 Å². The van der Waals surface area contributed by atoms with Crippen molar-refractivity contribution >= 4 is 5.71 Å². The molecule has 0 bridgehead atoms. The number of hydrogen-bond donors (Lipinski definition) is 1. The van der Waals surface area contributed by atoms with Crippen molar-refractivity contribution in [3.63, 3.8) is 0 Å². The van der Waals surface area contributed by atoms with Crippen molar-refractivity contribution < 1.29 is 0 Å². The minimum Gasteiger partial charge on any atom is -0.304 e. The van der Waals surface area contributed by atoms with E-state index in [1.807, 2.05) is 48.6 Å². The van der Waals surface area contributed by atoms with Crippen LogP contribution in [0.15, 0.2) is 54.6 Å². The van der Waals surface area contributed by atoms with E-state index in [2.05, 4.69) is 11.8 Å². The molecule has 0 saturated carbocycles. The van der Waals surface area contributed by atoms with Crippen LogP contribution in [-0.2, 0) is 0 Å². The average molecular weight is 193 g/mol. The first-order valence-electron chi connectivity index (χ1n) is 4.86. The van der Waals surface area contributed by atoms with Gasteiger partial charge < -0.3 is 5.41 Å². The summed E-state index contributed by atoms with van der Waals surface area (Å²) in [5, 5.41) is 7.67. The van der Waals surface area contributed by atoms with Crippen LogP contribution in [0.25, 0.3) is 0 Å². The van der Waals surface area contributed by atoms with E-state index >= 15 is 0 Å². The lowest BCUT2D eigenvalue weighted by molar-refractivity contribution is 1.16. The highest BCUT2D eigenvalue weighted by atomic mass is 14.4. The summed E-state index contributed by atoms with van der Waals surface area (Å²) < 4.78 is 0. The molecule has 1 nitrogen and oxygen atoms in total. The van der Waals surface area contributed by atoms with E-state index in [9.17, 15) is 0 Å². The molecule has 0 amide bonds. The van der Waals surface area contributed by atoms with Crippen LogP contribution in [0.4, 0.5) is 0 Å². The molecule has 1 heteroatoms. The standard InChI is InChI=1S/C14H11N/c15-14-9-5-4-8-13(14)11-10-12-6-2-1-3-7-12/h1-9,13,15H. The largest absolute Gasteiger partial charge is 0.304 e.